The van der Waals surface area contributed by atoms with Gasteiger partial charge in [0.15, 0.2) is 0 Å². The molecular formula is Cl6EuLa. The van der Waals surface area contributed by atoms with Crippen molar-refractivity contribution in [2.45, 2.75) is 0 Å². The standard InChI is InChI=1S/6ClH.Eu.La/h6*1H;;/q;;;;;;2*+3/p-6. The molecule has 0 bridgehead atoms. The molecule has 0 spiro atoms. The molecule has 0 saturated carbocycles. The van der Waals surface area contributed by atoms with E-state index < -0.39 is 0 Å². The zero-order chi connectivity index (χ0) is 0. The van der Waals surface area contributed by atoms with Gasteiger partial charge in [0.25, 0.3) is 0 Å². The summed E-state index contributed by atoms with van der Waals surface area (Å²) in [5, 5.41) is 0. The van der Waals surface area contributed by atoms with Gasteiger partial charge in [-0.3, -0.25) is 0 Å². The summed E-state index contributed by atoms with van der Waals surface area (Å²) >= 11 is 0. The van der Waals surface area contributed by atoms with E-state index in [0.717, 1.165) is 0 Å². The van der Waals surface area contributed by atoms with E-state index in [0.29, 0.717) is 0 Å². The second-order valence-corrected chi connectivity index (χ2v) is 0. The molecule has 0 unspecified atom stereocenters. The van der Waals surface area contributed by atoms with Gasteiger partial charge in [-0.15, -0.1) is 0 Å². The molecule has 0 rings (SSSR count). The average molecular weight is 504 g/mol. The van der Waals surface area contributed by atoms with Gasteiger partial charge in [-0.2, -0.15) is 0 Å². The zero-order valence-electron chi connectivity index (χ0n) is 3.22. The van der Waals surface area contributed by atoms with Crippen molar-refractivity contribution in [3.05, 3.63) is 0 Å². The minimum absolute atomic E-state index is 0. The Kier molecular flexibility index (Phi) is 635. The van der Waals surface area contributed by atoms with Crippen LogP contribution in [0.1, 0.15) is 0 Å². The summed E-state index contributed by atoms with van der Waals surface area (Å²) in [5.74, 6) is 0. The summed E-state index contributed by atoms with van der Waals surface area (Å²) < 4.78 is 0. The van der Waals surface area contributed by atoms with E-state index in [4.69, 9.17) is 0 Å². The Morgan fingerprint density at radius 1 is 0.375 bits per heavy atom. The van der Waals surface area contributed by atoms with E-state index >= 15 is 0 Å². The van der Waals surface area contributed by atoms with Crippen molar-refractivity contribution >= 4 is 0 Å². The van der Waals surface area contributed by atoms with Gasteiger partial charge >= 0.3 is 85.0 Å². The molecule has 0 aliphatic carbocycles. The second-order valence-electron chi connectivity index (χ2n) is 0. The molecule has 0 nitrogen and oxygen atoms in total. The Hall–Kier alpha value is 4.52. The van der Waals surface area contributed by atoms with Crippen molar-refractivity contribution in [2.75, 3.05) is 0 Å². The summed E-state index contributed by atoms with van der Waals surface area (Å²) in [7, 11) is 0. The Labute approximate surface area is 155 Å². The van der Waals surface area contributed by atoms with E-state index in [1.54, 1.807) is 0 Å². The SMILES string of the molecule is [Cl-].[Cl-].[Cl-].[Cl-].[Cl-].[Cl-].[Eu+3].[La+3]. The Bertz CT molecular complexity index is 8.49. The first-order valence-corrected chi connectivity index (χ1v) is 0. The molecule has 0 aromatic carbocycles. The summed E-state index contributed by atoms with van der Waals surface area (Å²) in [6.45, 7) is 0. The number of hydrogen-bond acceptors (Lipinski definition) is 0. The first-order chi connectivity index (χ1) is 0. The fraction of sp³-hybridized carbons (Fsp3) is 0. The molecule has 0 aromatic heterocycles. The molecule has 0 N–H and O–H groups in total. The van der Waals surface area contributed by atoms with Gasteiger partial charge in [-0.05, 0) is 0 Å². The van der Waals surface area contributed by atoms with Crippen LogP contribution < -0.4 is 74.4 Å². The van der Waals surface area contributed by atoms with E-state index in [1.807, 2.05) is 0 Å². The predicted molar refractivity (Wildman–Crippen MR) is 0 cm³/mol. The summed E-state index contributed by atoms with van der Waals surface area (Å²) in [6.07, 6.45) is 0. The van der Waals surface area contributed by atoms with Gasteiger partial charge in [-0.1, -0.05) is 0 Å². The van der Waals surface area contributed by atoms with Crippen LogP contribution >= 0.6 is 0 Å². The molecule has 8 heteroatoms. The van der Waals surface area contributed by atoms with Gasteiger partial charge in [0.1, 0.15) is 0 Å². The third kappa shape index (κ3) is 46.7. The molecule has 0 amide bonds. The van der Waals surface area contributed by atoms with Crippen LogP contribution in [-0.4, -0.2) is 0 Å². The molecule has 0 atom stereocenters. The molecule has 0 fully saturated rings. The van der Waals surface area contributed by atoms with Crippen molar-refractivity contribution in [1.29, 1.82) is 0 Å². The topological polar surface area (TPSA) is 0 Å². The molecule has 0 aliphatic rings. The predicted octanol–water partition coefficient (Wildman–Crippen LogP) is -18.0. The van der Waals surface area contributed by atoms with Crippen molar-refractivity contribution in [1.82, 2.24) is 0 Å². The van der Waals surface area contributed by atoms with Crippen molar-refractivity contribution in [3.63, 3.8) is 0 Å². The Morgan fingerprint density at radius 2 is 0.375 bits per heavy atom. The van der Waals surface area contributed by atoms with E-state index in [-0.39, 0.29) is 159 Å². The smallest absolute Gasteiger partial charge is 1.00 e. The minimum atomic E-state index is 0. The van der Waals surface area contributed by atoms with Gasteiger partial charge < -0.3 is 74.4 Å². The van der Waals surface area contributed by atoms with Crippen LogP contribution in [0.3, 0.4) is 0 Å². The van der Waals surface area contributed by atoms with Gasteiger partial charge in [0.05, 0.1) is 0 Å². The summed E-state index contributed by atoms with van der Waals surface area (Å²) in [6, 6.07) is 0. The average Bonchev–Trinajstić information content (AvgIpc) is 0. The van der Waals surface area contributed by atoms with E-state index in [1.165, 1.54) is 0 Å². The summed E-state index contributed by atoms with van der Waals surface area (Å²) in [4.78, 5) is 0. The number of hydrogen-bond donors (Lipinski definition) is 0. The maximum Gasteiger partial charge on any atom is 3.00 e. The maximum absolute atomic E-state index is 0. The number of halogens is 6. The molecule has 0 radical (unpaired) electrons. The molecule has 0 saturated heterocycles. The first-order valence-electron chi connectivity index (χ1n) is 0. The molecule has 8 heavy (non-hydrogen) atoms. The molecule has 0 aromatic rings. The van der Waals surface area contributed by atoms with Crippen LogP contribution in [0, 0.1) is 85.0 Å². The fourth-order valence-electron chi connectivity index (χ4n) is 0. The van der Waals surface area contributed by atoms with Crippen molar-refractivity contribution in [2.24, 2.45) is 0 Å². The third-order valence-corrected chi connectivity index (χ3v) is 0. The van der Waals surface area contributed by atoms with Crippen LogP contribution in [0.5, 0.6) is 0 Å². The molecule has 0 aliphatic heterocycles. The molecule has 52 valence electrons. The van der Waals surface area contributed by atoms with Gasteiger partial charge in [0.2, 0.25) is 0 Å². The van der Waals surface area contributed by atoms with Crippen LogP contribution in [0.2, 0.25) is 0 Å². The molecule has 0 heterocycles. The van der Waals surface area contributed by atoms with Crippen LogP contribution in [0.4, 0.5) is 0 Å². The second kappa shape index (κ2) is 62.4. The van der Waals surface area contributed by atoms with E-state index in [2.05, 4.69) is 0 Å². The van der Waals surface area contributed by atoms with E-state index in [9.17, 15) is 0 Å². The minimum Gasteiger partial charge on any atom is -1.00 e. The van der Waals surface area contributed by atoms with Gasteiger partial charge in [-0.25, -0.2) is 0 Å². The number of rotatable bonds is 0. The summed E-state index contributed by atoms with van der Waals surface area (Å²) in [5.41, 5.74) is 0. The van der Waals surface area contributed by atoms with Crippen LogP contribution in [-0.2, 0) is 0 Å². The van der Waals surface area contributed by atoms with Crippen molar-refractivity contribution in [3.8, 4) is 0 Å². The third-order valence-electron chi connectivity index (χ3n) is 0. The zero-order valence-corrected chi connectivity index (χ0v) is 13.8. The Morgan fingerprint density at radius 3 is 0.375 bits per heavy atom. The fourth-order valence-corrected chi connectivity index (χ4v) is 0. The maximum atomic E-state index is 0. The normalized spacial score (nSPS) is 0. The monoisotopic (exact) mass is 502 g/mol. The quantitative estimate of drug-likeness (QED) is 0.308. The Balaban J connectivity index is 0. The van der Waals surface area contributed by atoms with Crippen LogP contribution in [0.15, 0.2) is 0 Å². The molecular weight excluding hydrogens is 504 g/mol. The van der Waals surface area contributed by atoms with Crippen molar-refractivity contribution < 1.29 is 159 Å². The van der Waals surface area contributed by atoms with Gasteiger partial charge in [0, 0.05) is 0 Å². The largest absolute Gasteiger partial charge is 3.00 e. The van der Waals surface area contributed by atoms with Crippen LogP contribution in [0.25, 0.3) is 0 Å². The first kappa shape index (κ1) is 81.3.